The maximum absolute atomic E-state index is 12.1. The number of halogens is 5. The van der Waals surface area contributed by atoms with Gasteiger partial charge in [0.15, 0.2) is 6.10 Å². The molecule has 0 aliphatic rings. The van der Waals surface area contributed by atoms with Gasteiger partial charge in [-0.05, 0) is 30.1 Å². The molecule has 0 aliphatic carbocycles. The molecule has 0 N–H and O–H groups in total. The lowest BCUT2D eigenvalue weighted by atomic mass is 10.4. The molecule has 1 atom stereocenters. The molecule has 0 amide bonds. The Morgan fingerprint density at radius 3 is 2.00 bits per heavy atom. The van der Waals surface area contributed by atoms with Crippen LogP contribution in [0.4, 0.5) is 13.2 Å². The molecule has 1 unspecified atom stereocenters. The first kappa shape index (κ1) is 12.3. The van der Waals surface area contributed by atoms with E-state index in [1.54, 1.807) is 0 Å². The van der Waals surface area contributed by atoms with E-state index in [1.807, 2.05) is 0 Å². The highest BCUT2D eigenvalue weighted by Gasteiger charge is 2.38. The Morgan fingerprint density at radius 2 is 1.60 bits per heavy atom. The molecule has 84 valence electrons. The highest BCUT2D eigenvalue weighted by Crippen LogP contribution is 2.23. The second kappa shape index (κ2) is 4.36. The summed E-state index contributed by atoms with van der Waals surface area (Å²) in [5, 5.41) is -0.668. The van der Waals surface area contributed by atoms with Gasteiger partial charge >= 0.3 is 12.2 Å². The van der Waals surface area contributed by atoms with Gasteiger partial charge in [0.25, 0.3) is 0 Å². The van der Waals surface area contributed by atoms with Crippen LogP contribution in [0.5, 0.6) is 6.01 Å². The first-order valence-electron chi connectivity index (χ1n) is 3.59. The minimum atomic E-state index is -4.51. The standard InChI is InChI=1S/C6H4Cl2F3N3O/c1-2(6(9,10)11)15-5-13-3(7)12-4(8)14-5/h2H,1H3. The predicted molar refractivity (Wildman–Crippen MR) is 46.0 cm³/mol. The summed E-state index contributed by atoms with van der Waals surface area (Å²) >= 11 is 10.7. The third-order valence-electron chi connectivity index (χ3n) is 1.30. The fraction of sp³-hybridized carbons (Fsp3) is 0.500. The van der Waals surface area contributed by atoms with Gasteiger partial charge in [-0.15, -0.1) is 0 Å². The van der Waals surface area contributed by atoms with Gasteiger partial charge in [-0.25, -0.2) is 0 Å². The average molecular weight is 262 g/mol. The Morgan fingerprint density at radius 1 is 1.13 bits per heavy atom. The molecule has 0 saturated heterocycles. The first-order valence-corrected chi connectivity index (χ1v) is 4.35. The Hall–Kier alpha value is -0.820. The second-order valence-corrected chi connectivity index (χ2v) is 3.13. The zero-order chi connectivity index (χ0) is 11.6. The van der Waals surface area contributed by atoms with E-state index in [-0.39, 0.29) is 10.6 Å². The molecular weight excluding hydrogens is 258 g/mol. The second-order valence-electron chi connectivity index (χ2n) is 2.46. The quantitative estimate of drug-likeness (QED) is 0.821. The molecule has 1 rings (SSSR count). The molecule has 1 aromatic rings. The summed E-state index contributed by atoms with van der Waals surface area (Å²) in [5.74, 6) is 0. The van der Waals surface area contributed by atoms with Gasteiger partial charge < -0.3 is 4.74 Å². The maximum atomic E-state index is 12.1. The summed E-state index contributed by atoms with van der Waals surface area (Å²) in [7, 11) is 0. The average Bonchev–Trinajstić information content (AvgIpc) is 1.99. The molecule has 0 fully saturated rings. The van der Waals surface area contributed by atoms with E-state index in [2.05, 4.69) is 19.7 Å². The minimum Gasteiger partial charge on any atom is -0.451 e. The summed E-state index contributed by atoms with van der Waals surface area (Å²) < 4.78 is 40.6. The molecule has 0 spiro atoms. The van der Waals surface area contributed by atoms with Crippen LogP contribution < -0.4 is 4.74 Å². The van der Waals surface area contributed by atoms with Crippen LogP contribution >= 0.6 is 23.2 Å². The fourth-order valence-electron chi connectivity index (χ4n) is 0.587. The van der Waals surface area contributed by atoms with Gasteiger partial charge in [-0.1, -0.05) is 0 Å². The normalized spacial score (nSPS) is 13.7. The minimum absolute atomic E-state index is 0.334. The van der Waals surface area contributed by atoms with Crippen molar-refractivity contribution in [3.63, 3.8) is 0 Å². The lowest BCUT2D eigenvalue weighted by molar-refractivity contribution is -0.190. The van der Waals surface area contributed by atoms with Gasteiger partial charge in [-0.3, -0.25) is 0 Å². The van der Waals surface area contributed by atoms with E-state index in [0.717, 1.165) is 6.92 Å². The summed E-state index contributed by atoms with van der Waals surface area (Å²) in [4.78, 5) is 10.00. The molecule has 0 aromatic carbocycles. The van der Waals surface area contributed by atoms with Crippen LogP contribution in [-0.4, -0.2) is 27.2 Å². The number of aromatic nitrogens is 3. The van der Waals surface area contributed by atoms with Crippen molar-refractivity contribution in [1.82, 2.24) is 15.0 Å². The van der Waals surface area contributed by atoms with Crippen LogP contribution in [0.25, 0.3) is 0 Å². The fourth-order valence-corrected chi connectivity index (χ4v) is 0.935. The van der Waals surface area contributed by atoms with Crippen molar-refractivity contribution in [3.05, 3.63) is 10.6 Å². The SMILES string of the molecule is CC(Oc1nc(Cl)nc(Cl)n1)C(F)(F)F. The molecule has 0 bridgehead atoms. The number of nitrogens with zero attached hydrogens (tertiary/aromatic N) is 3. The van der Waals surface area contributed by atoms with Crippen molar-refractivity contribution in [2.45, 2.75) is 19.2 Å². The topological polar surface area (TPSA) is 47.9 Å². The monoisotopic (exact) mass is 261 g/mol. The number of hydrogen-bond donors (Lipinski definition) is 0. The van der Waals surface area contributed by atoms with E-state index in [4.69, 9.17) is 23.2 Å². The summed E-state index contributed by atoms with van der Waals surface area (Å²) in [6.45, 7) is 0.811. The van der Waals surface area contributed by atoms with Gasteiger partial charge in [0.2, 0.25) is 10.6 Å². The van der Waals surface area contributed by atoms with Crippen LogP contribution in [0.2, 0.25) is 10.6 Å². The van der Waals surface area contributed by atoms with Gasteiger partial charge in [0.05, 0.1) is 0 Å². The Labute approximate surface area is 92.4 Å². The zero-order valence-corrected chi connectivity index (χ0v) is 8.73. The van der Waals surface area contributed by atoms with E-state index in [9.17, 15) is 13.2 Å². The van der Waals surface area contributed by atoms with Crippen molar-refractivity contribution >= 4 is 23.2 Å². The lowest BCUT2D eigenvalue weighted by Crippen LogP contribution is -2.31. The van der Waals surface area contributed by atoms with Crippen LogP contribution in [0, 0.1) is 0 Å². The highest BCUT2D eigenvalue weighted by molar-refractivity contribution is 6.31. The van der Waals surface area contributed by atoms with E-state index in [1.165, 1.54) is 0 Å². The molecule has 0 aliphatic heterocycles. The Bertz CT molecular complexity index is 340. The van der Waals surface area contributed by atoms with Gasteiger partial charge in [-0.2, -0.15) is 28.1 Å². The van der Waals surface area contributed by atoms with Crippen molar-refractivity contribution < 1.29 is 17.9 Å². The molecule has 1 heterocycles. The summed E-state index contributed by atoms with van der Waals surface area (Å²) in [5.41, 5.74) is 0. The predicted octanol–water partition coefficient (Wildman–Crippen LogP) is 2.51. The lowest BCUT2D eigenvalue weighted by Gasteiger charge is -2.15. The van der Waals surface area contributed by atoms with Crippen LogP contribution in [0.1, 0.15) is 6.92 Å². The molecular formula is C6H4Cl2F3N3O. The van der Waals surface area contributed by atoms with Crippen LogP contribution in [0.3, 0.4) is 0 Å². The number of alkyl halides is 3. The number of ether oxygens (including phenoxy) is 1. The van der Waals surface area contributed by atoms with Gasteiger partial charge in [0, 0.05) is 0 Å². The third-order valence-corrected chi connectivity index (χ3v) is 1.64. The molecule has 9 heteroatoms. The van der Waals surface area contributed by atoms with Crippen molar-refractivity contribution in [2.24, 2.45) is 0 Å². The number of rotatable bonds is 2. The van der Waals surface area contributed by atoms with E-state index >= 15 is 0 Å². The molecule has 4 nitrogen and oxygen atoms in total. The van der Waals surface area contributed by atoms with Crippen molar-refractivity contribution in [3.8, 4) is 6.01 Å². The molecule has 0 saturated carbocycles. The maximum Gasteiger partial charge on any atom is 0.425 e. The third kappa shape index (κ3) is 3.67. The largest absolute Gasteiger partial charge is 0.451 e. The molecule has 15 heavy (non-hydrogen) atoms. The molecule has 0 radical (unpaired) electrons. The van der Waals surface area contributed by atoms with E-state index < -0.39 is 18.3 Å². The smallest absolute Gasteiger partial charge is 0.425 e. The number of hydrogen-bond acceptors (Lipinski definition) is 4. The van der Waals surface area contributed by atoms with Crippen molar-refractivity contribution in [1.29, 1.82) is 0 Å². The Balaban J connectivity index is 2.81. The zero-order valence-electron chi connectivity index (χ0n) is 7.22. The highest BCUT2D eigenvalue weighted by atomic mass is 35.5. The first-order chi connectivity index (χ1) is 6.79. The van der Waals surface area contributed by atoms with E-state index in [0.29, 0.717) is 0 Å². The van der Waals surface area contributed by atoms with Gasteiger partial charge in [0.1, 0.15) is 0 Å². The van der Waals surface area contributed by atoms with Crippen molar-refractivity contribution in [2.75, 3.05) is 0 Å². The Kier molecular flexibility index (Phi) is 3.56. The molecule has 1 aromatic heterocycles. The summed E-state index contributed by atoms with van der Waals surface area (Å²) in [6.07, 6.45) is -6.56. The van der Waals surface area contributed by atoms with Crippen LogP contribution in [0.15, 0.2) is 0 Å². The summed E-state index contributed by atoms with van der Waals surface area (Å²) in [6, 6.07) is -0.565. The van der Waals surface area contributed by atoms with Crippen LogP contribution in [-0.2, 0) is 0 Å².